The Labute approximate surface area is 84.3 Å². The standard InChI is InChI=1S/C10H14O3S/c1-7-4-5-9(14(3,12)13)6-10(7)8(2)11/h4-6,8,11H,1-3H3. The van der Waals surface area contributed by atoms with Gasteiger partial charge in [-0.1, -0.05) is 6.07 Å². The Bertz CT molecular complexity index is 433. The Hall–Kier alpha value is -0.870. The molecule has 0 aliphatic carbocycles. The second kappa shape index (κ2) is 3.71. The zero-order valence-electron chi connectivity index (χ0n) is 8.48. The van der Waals surface area contributed by atoms with Crippen molar-refractivity contribution >= 4 is 9.84 Å². The summed E-state index contributed by atoms with van der Waals surface area (Å²) in [6.45, 7) is 3.46. The van der Waals surface area contributed by atoms with Gasteiger partial charge >= 0.3 is 0 Å². The number of aliphatic hydroxyl groups is 1. The molecule has 0 aromatic heterocycles. The van der Waals surface area contributed by atoms with Crippen LogP contribution in [0.5, 0.6) is 0 Å². The average Bonchev–Trinajstić information content (AvgIpc) is 2.02. The first-order chi connectivity index (χ1) is 6.32. The Morgan fingerprint density at radius 3 is 2.36 bits per heavy atom. The van der Waals surface area contributed by atoms with Crippen molar-refractivity contribution in [3.05, 3.63) is 29.3 Å². The highest BCUT2D eigenvalue weighted by atomic mass is 32.2. The van der Waals surface area contributed by atoms with E-state index in [2.05, 4.69) is 0 Å². The molecule has 0 spiro atoms. The topological polar surface area (TPSA) is 54.4 Å². The number of aryl methyl sites for hydroxylation is 1. The highest BCUT2D eigenvalue weighted by Gasteiger charge is 2.11. The molecule has 1 atom stereocenters. The summed E-state index contributed by atoms with van der Waals surface area (Å²) < 4.78 is 22.5. The van der Waals surface area contributed by atoms with Gasteiger partial charge in [-0.3, -0.25) is 0 Å². The van der Waals surface area contributed by atoms with E-state index in [0.29, 0.717) is 5.56 Å². The lowest BCUT2D eigenvalue weighted by molar-refractivity contribution is 0.198. The molecule has 0 saturated carbocycles. The van der Waals surface area contributed by atoms with Crippen molar-refractivity contribution < 1.29 is 13.5 Å². The van der Waals surface area contributed by atoms with E-state index >= 15 is 0 Å². The van der Waals surface area contributed by atoms with Crippen LogP contribution in [0.15, 0.2) is 23.1 Å². The zero-order chi connectivity index (χ0) is 10.9. The van der Waals surface area contributed by atoms with Crippen LogP contribution in [0.25, 0.3) is 0 Å². The van der Waals surface area contributed by atoms with Crippen molar-refractivity contribution in [2.24, 2.45) is 0 Å². The van der Waals surface area contributed by atoms with Gasteiger partial charge in [0.05, 0.1) is 11.0 Å². The summed E-state index contributed by atoms with van der Waals surface area (Å²) in [4.78, 5) is 0.249. The van der Waals surface area contributed by atoms with E-state index in [1.165, 1.54) is 6.07 Å². The van der Waals surface area contributed by atoms with Crippen LogP contribution in [0.4, 0.5) is 0 Å². The highest BCUT2D eigenvalue weighted by Crippen LogP contribution is 2.21. The molecule has 0 heterocycles. The molecule has 1 N–H and O–H groups in total. The van der Waals surface area contributed by atoms with Crippen LogP contribution < -0.4 is 0 Å². The van der Waals surface area contributed by atoms with Gasteiger partial charge in [-0.05, 0) is 37.1 Å². The van der Waals surface area contributed by atoms with Crippen molar-refractivity contribution in [1.29, 1.82) is 0 Å². The Kier molecular flexibility index (Phi) is 2.97. The zero-order valence-corrected chi connectivity index (χ0v) is 9.30. The van der Waals surface area contributed by atoms with E-state index in [0.717, 1.165) is 11.8 Å². The molecule has 0 radical (unpaired) electrons. The third-order valence-electron chi connectivity index (χ3n) is 2.13. The third-order valence-corrected chi connectivity index (χ3v) is 3.24. The van der Waals surface area contributed by atoms with E-state index in [9.17, 15) is 13.5 Å². The summed E-state index contributed by atoms with van der Waals surface area (Å²) in [7, 11) is -3.19. The molecule has 0 aliphatic rings. The Balaban J connectivity index is 3.34. The number of sulfone groups is 1. The van der Waals surface area contributed by atoms with E-state index < -0.39 is 15.9 Å². The van der Waals surface area contributed by atoms with Crippen molar-refractivity contribution in [2.45, 2.75) is 24.8 Å². The van der Waals surface area contributed by atoms with Crippen molar-refractivity contribution in [3.8, 4) is 0 Å². The van der Waals surface area contributed by atoms with Gasteiger partial charge in [-0.2, -0.15) is 0 Å². The maximum atomic E-state index is 11.2. The predicted molar refractivity (Wildman–Crippen MR) is 54.9 cm³/mol. The van der Waals surface area contributed by atoms with Gasteiger partial charge in [-0.15, -0.1) is 0 Å². The van der Waals surface area contributed by atoms with E-state index in [4.69, 9.17) is 0 Å². The van der Waals surface area contributed by atoms with Gasteiger partial charge in [0.25, 0.3) is 0 Å². The van der Waals surface area contributed by atoms with Crippen molar-refractivity contribution in [3.63, 3.8) is 0 Å². The molecule has 1 unspecified atom stereocenters. The second-order valence-electron chi connectivity index (χ2n) is 3.47. The largest absolute Gasteiger partial charge is 0.389 e. The van der Waals surface area contributed by atoms with Crippen LogP contribution in [-0.2, 0) is 9.84 Å². The lowest BCUT2D eigenvalue weighted by atomic mass is 10.1. The maximum absolute atomic E-state index is 11.2. The van der Waals surface area contributed by atoms with Crippen LogP contribution >= 0.6 is 0 Å². The number of hydrogen-bond acceptors (Lipinski definition) is 3. The molecular formula is C10H14O3S. The molecular weight excluding hydrogens is 200 g/mol. The third kappa shape index (κ3) is 2.33. The minimum Gasteiger partial charge on any atom is -0.389 e. The fraction of sp³-hybridized carbons (Fsp3) is 0.400. The normalized spacial score (nSPS) is 14.0. The summed E-state index contributed by atoms with van der Waals surface area (Å²) in [5.41, 5.74) is 1.56. The molecule has 4 heteroatoms. The molecule has 1 rings (SSSR count). The summed E-state index contributed by atoms with van der Waals surface area (Å²) >= 11 is 0. The minimum absolute atomic E-state index is 0.249. The molecule has 0 bridgehead atoms. The van der Waals surface area contributed by atoms with E-state index in [1.807, 2.05) is 6.92 Å². The van der Waals surface area contributed by atoms with Gasteiger partial charge < -0.3 is 5.11 Å². The van der Waals surface area contributed by atoms with Crippen LogP contribution in [0.3, 0.4) is 0 Å². The number of benzene rings is 1. The Morgan fingerprint density at radius 1 is 1.36 bits per heavy atom. The molecule has 14 heavy (non-hydrogen) atoms. The van der Waals surface area contributed by atoms with E-state index in [-0.39, 0.29) is 4.90 Å². The number of aliphatic hydroxyl groups excluding tert-OH is 1. The smallest absolute Gasteiger partial charge is 0.175 e. The lowest BCUT2D eigenvalue weighted by Crippen LogP contribution is -2.01. The first-order valence-corrected chi connectivity index (χ1v) is 6.20. The number of rotatable bonds is 2. The summed E-state index contributed by atoms with van der Waals surface area (Å²) in [6.07, 6.45) is 0.514. The van der Waals surface area contributed by atoms with Crippen LogP contribution in [0.1, 0.15) is 24.2 Å². The predicted octanol–water partition coefficient (Wildman–Crippen LogP) is 1.45. The second-order valence-corrected chi connectivity index (χ2v) is 5.48. The van der Waals surface area contributed by atoms with Gasteiger partial charge in [-0.25, -0.2) is 8.42 Å². The average molecular weight is 214 g/mol. The molecule has 0 fully saturated rings. The fourth-order valence-electron chi connectivity index (χ4n) is 1.30. The molecule has 0 saturated heterocycles. The highest BCUT2D eigenvalue weighted by molar-refractivity contribution is 7.90. The van der Waals surface area contributed by atoms with Gasteiger partial charge in [0, 0.05) is 6.26 Å². The Morgan fingerprint density at radius 2 is 1.93 bits per heavy atom. The SMILES string of the molecule is Cc1ccc(S(C)(=O)=O)cc1C(C)O. The molecule has 0 aliphatic heterocycles. The van der Waals surface area contributed by atoms with Gasteiger partial charge in [0.2, 0.25) is 0 Å². The summed E-state index contributed by atoms with van der Waals surface area (Å²) in [5.74, 6) is 0. The minimum atomic E-state index is -3.19. The molecule has 0 amide bonds. The van der Waals surface area contributed by atoms with Crippen molar-refractivity contribution in [1.82, 2.24) is 0 Å². The van der Waals surface area contributed by atoms with Gasteiger partial charge in [0.15, 0.2) is 9.84 Å². The number of hydrogen-bond donors (Lipinski definition) is 1. The monoisotopic (exact) mass is 214 g/mol. The van der Waals surface area contributed by atoms with Crippen LogP contribution in [0.2, 0.25) is 0 Å². The summed E-state index contributed by atoms with van der Waals surface area (Å²) in [5, 5.41) is 9.40. The molecule has 3 nitrogen and oxygen atoms in total. The van der Waals surface area contributed by atoms with Crippen molar-refractivity contribution in [2.75, 3.05) is 6.26 Å². The van der Waals surface area contributed by atoms with Gasteiger partial charge in [0.1, 0.15) is 0 Å². The van der Waals surface area contributed by atoms with Crippen LogP contribution in [0, 0.1) is 6.92 Å². The molecule has 78 valence electrons. The molecule has 1 aromatic carbocycles. The quantitative estimate of drug-likeness (QED) is 0.810. The fourth-order valence-corrected chi connectivity index (χ4v) is 1.96. The summed E-state index contributed by atoms with van der Waals surface area (Å²) in [6, 6.07) is 4.78. The maximum Gasteiger partial charge on any atom is 0.175 e. The van der Waals surface area contributed by atoms with E-state index in [1.54, 1.807) is 19.1 Å². The first-order valence-electron chi connectivity index (χ1n) is 4.31. The molecule has 1 aromatic rings. The lowest BCUT2D eigenvalue weighted by Gasteiger charge is -2.10. The first kappa shape index (κ1) is 11.2. The van der Waals surface area contributed by atoms with Crippen LogP contribution in [-0.4, -0.2) is 19.8 Å².